The number of methoxy groups -OCH3 is 1. The molecule has 136 valence electrons. The lowest BCUT2D eigenvalue weighted by atomic mass is 10.2. The second kappa shape index (κ2) is 8.33. The molecule has 1 unspecified atom stereocenters. The van der Waals surface area contributed by atoms with Crippen LogP contribution in [0.25, 0.3) is 0 Å². The molecule has 1 heterocycles. The highest BCUT2D eigenvalue weighted by molar-refractivity contribution is 9.10. The molecule has 8 heteroatoms. The van der Waals surface area contributed by atoms with Gasteiger partial charge in [0.25, 0.3) is 5.91 Å². The molecule has 25 heavy (non-hydrogen) atoms. The fourth-order valence-corrected chi connectivity index (χ4v) is 2.97. The number of esters is 1. The minimum absolute atomic E-state index is 0.00514. The van der Waals surface area contributed by atoms with E-state index in [1.807, 2.05) is 0 Å². The van der Waals surface area contributed by atoms with E-state index in [0.29, 0.717) is 42.0 Å². The van der Waals surface area contributed by atoms with Gasteiger partial charge >= 0.3 is 5.97 Å². The molecule has 1 atom stereocenters. The maximum Gasteiger partial charge on any atom is 0.340 e. The molecular weight excluding hydrogens is 392 g/mol. The van der Waals surface area contributed by atoms with E-state index in [0.717, 1.165) is 0 Å². The van der Waals surface area contributed by atoms with Crippen LogP contribution in [0, 0.1) is 0 Å². The third-order valence-electron chi connectivity index (χ3n) is 4.06. The number of hydrogen-bond donors (Lipinski definition) is 0. The van der Waals surface area contributed by atoms with Crippen molar-refractivity contribution in [3.8, 4) is 5.75 Å². The van der Waals surface area contributed by atoms with Gasteiger partial charge in [0.1, 0.15) is 5.75 Å². The standard InChI is InChI=1S/C17H21BrN2O5/c1-11(16(22)20-8-6-19(7-9-20)12(2)21)25-17(23)14-10-13(24-3)4-5-15(14)18/h4-5,10-11H,6-9H2,1-3H3. The summed E-state index contributed by atoms with van der Waals surface area (Å²) >= 11 is 3.29. The van der Waals surface area contributed by atoms with E-state index in [1.165, 1.54) is 14.0 Å². The van der Waals surface area contributed by atoms with Crippen molar-refractivity contribution in [1.29, 1.82) is 0 Å². The van der Waals surface area contributed by atoms with Crippen LogP contribution in [0.5, 0.6) is 5.75 Å². The lowest BCUT2D eigenvalue weighted by Crippen LogP contribution is -2.52. The Balaban J connectivity index is 1.97. The number of benzene rings is 1. The molecule has 0 N–H and O–H groups in total. The second-order valence-electron chi connectivity index (χ2n) is 5.72. The lowest BCUT2D eigenvalue weighted by Gasteiger charge is -2.35. The van der Waals surface area contributed by atoms with Crippen molar-refractivity contribution in [2.75, 3.05) is 33.3 Å². The summed E-state index contributed by atoms with van der Waals surface area (Å²) in [6.07, 6.45) is -0.908. The van der Waals surface area contributed by atoms with Crippen LogP contribution in [0.3, 0.4) is 0 Å². The van der Waals surface area contributed by atoms with Crippen molar-refractivity contribution >= 4 is 33.7 Å². The molecule has 1 aromatic carbocycles. The molecule has 0 aliphatic carbocycles. The van der Waals surface area contributed by atoms with Crippen molar-refractivity contribution in [3.05, 3.63) is 28.2 Å². The van der Waals surface area contributed by atoms with Gasteiger partial charge in [-0.3, -0.25) is 9.59 Å². The van der Waals surface area contributed by atoms with Gasteiger partial charge in [0.15, 0.2) is 6.10 Å². The third-order valence-corrected chi connectivity index (χ3v) is 4.75. The van der Waals surface area contributed by atoms with Crippen LogP contribution in [0.1, 0.15) is 24.2 Å². The molecule has 7 nitrogen and oxygen atoms in total. The Bertz CT molecular complexity index is 671. The zero-order chi connectivity index (χ0) is 18.6. The van der Waals surface area contributed by atoms with Gasteiger partial charge in [0, 0.05) is 37.6 Å². The van der Waals surface area contributed by atoms with Crippen molar-refractivity contribution in [1.82, 2.24) is 9.80 Å². The number of amides is 2. The summed E-state index contributed by atoms with van der Waals surface area (Å²) in [5.74, 6) is -0.353. The van der Waals surface area contributed by atoms with E-state index in [1.54, 1.807) is 34.9 Å². The van der Waals surface area contributed by atoms with Gasteiger partial charge in [0.2, 0.25) is 5.91 Å². The minimum Gasteiger partial charge on any atom is -0.497 e. The Morgan fingerprint density at radius 1 is 1.12 bits per heavy atom. The SMILES string of the molecule is COc1ccc(Br)c(C(=O)OC(C)C(=O)N2CCN(C(C)=O)CC2)c1. The summed E-state index contributed by atoms with van der Waals surface area (Å²) < 4.78 is 11.0. The monoisotopic (exact) mass is 412 g/mol. The number of carbonyl (C=O) groups is 3. The van der Waals surface area contributed by atoms with Crippen LogP contribution < -0.4 is 4.74 Å². The van der Waals surface area contributed by atoms with Gasteiger partial charge in [-0.1, -0.05) is 0 Å². The lowest BCUT2D eigenvalue weighted by molar-refractivity contribution is -0.144. The summed E-state index contributed by atoms with van der Waals surface area (Å²) in [5, 5.41) is 0. The van der Waals surface area contributed by atoms with Crippen molar-refractivity contribution < 1.29 is 23.9 Å². The van der Waals surface area contributed by atoms with Crippen LogP contribution in [0.2, 0.25) is 0 Å². The van der Waals surface area contributed by atoms with E-state index >= 15 is 0 Å². The molecule has 1 aliphatic rings. The van der Waals surface area contributed by atoms with Gasteiger partial charge in [-0.05, 0) is 41.1 Å². The molecule has 0 radical (unpaired) electrons. The van der Waals surface area contributed by atoms with Gasteiger partial charge < -0.3 is 19.3 Å². The number of piperazine rings is 1. The van der Waals surface area contributed by atoms with Crippen LogP contribution in [-0.2, 0) is 14.3 Å². The maximum atomic E-state index is 12.5. The zero-order valence-corrected chi connectivity index (χ0v) is 16.0. The van der Waals surface area contributed by atoms with Gasteiger partial charge in [-0.15, -0.1) is 0 Å². The normalized spacial score (nSPS) is 15.5. The largest absolute Gasteiger partial charge is 0.497 e. The molecule has 1 saturated heterocycles. The third kappa shape index (κ3) is 4.72. The summed E-state index contributed by atoms with van der Waals surface area (Å²) in [5.41, 5.74) is 0.292. The maximum absolute atomic E-state index is 12.5. The first-order valence-corrected chi connectivity index (χ1v) is 8.71. The van der Waals surface area contributed by atoms with Crippen molar-refractivity contribution in [2.24, 2.45) is 0 Å². The Hall–Kier alpha value is -2.09. The number of halogens is 1. The fourth-order valence-electron chi connectivity index (χ4n) is 2.56. The number of ether oxygens (including phenoxy) is 2. The number of nitrogens with zero attached hydrogens (tertiary/aromatic N) is 2. The summed E-state index contributed by atoms with van der Waals surface area (Å²) in [6.45, 7) is 4.90. The second-order valence-corrected chi connectivity index (χ2v) is 6.58. The molecule has 1 aromatic rings. The number of rotatable bonds is 4. The Morgan fingerprint density at radius 3 is 2.28 bits per heavy atom. The first-order chi connectivity index (χ1) is 11.8. The molecule has 1 fully saturated rings. The van der Waals surface area contributed by atoms with Crippen LogP contribution >= 0.6 is 15.9 Å². The van der Waals surface area contributed by atoms with Gasteiger partial charge in [-0.25, -0.2) is 4.79 Å². The van der Waals surface area contributed by atoms with Crippen LogP contribution in [-0.4, -0.2) is 67.0 Å². The fraction of sp³-hybridized carbons (Fsp3) is 0.471. The van der Waals surface area contributed by atoms with Gasteiger partial charge in [-0.2, -0.15) is 0 Å². The molecule has 0 spiro atoms. The van der Waals surface area contributed by atoms with E-state index in [9.17, 15) is 14.4 Å². The van der Waals surface area contributed by atoms with E-state index < -0.39 is 12.1 Å². The predicted molar refractivity (Wildman–Crippen MR) is 94.4 cm³/mol. The Labute approximate surface area is 155 Å². The highest BCUT2D eigenvalue weighted by atomic mass is 79.9. The summed E-state index contributed by atoms with van der Waals surface area (Å²) in [6, 6.07) is 4.95. The summed E-state index contributed by atoms with van der Waals surface area (Å²) in [4.78, 5) is 39.4. The number of hydrogen-bond acceptors (Lipinski definition) is 5. The van der Waals surface area contributed by atoms with E-state index in [-0.39, 0.29) is 11.8 Å². The quantitative estimate of drug-likeness (QED) is 0.703. The summed E-state index contributed by atoms with van der Waals surface area (Å²) in [7, 11) is 1.51. The predicted octanol–water partition coefficient (Wildman–Crippen LogP) is 1.69. The van der Waals surface area contributed by atoms with Crippen molar-refractivity contribution in [3.63, 3.8) is 0 Å². The van der Waals surface area contributed by atoms with E-state index in [2.05, 4.69) is 15.9 Å². The smallest absolute Gasteiger partial charge is 0.340 e. The first-order valence-electron chi connectivity index (χ1n) is 7.92. The number of carbonyl (C=O) groups excluding carboxylic acids is 3. The first kappa shape index (κ1) is 19.2. The molecule has 0 saturated carbocycles. The molecule has 0 aromatic heterocycles. The Kier molecular flexibility index (Phi) is 6.41. The minimum atomic E-state index is -0.908. The van der Waals surface area contributed by atoms with E-state index in [4.69, 9.17) is 9.47 Å². The molecule has 0 bridgehead atoms. The van der Waals surface area contributed by atoms with Crippen LogP contribution in [0.15, 0.2) is 22.7 Å². The van der Waals surface area contributed by atoms with Gasteiger partial charge in [0.05, 0.1) is 12.7 Å². The average Bonchev–Trinajstić information content (AvgIpc) is 2.61. The van der Waals surface area contributed by atoms with Crippen LogP contribution in [0.4, 0.5) is 0 Å². The molecule has 2 rings (SSSR count). The highest BCUT2D eigenvalue weighted by Gasteiger charge is 2.28. The topological polar surface area (TPSA) is 76.2 Å². The molecule has 2 amide bonds. The average molecular weight is 413 g/mol. The Morgan fingerprint density at radius 2 is 1.72 bits per heavy atom. The molecular formula is C17H21BrN2O5. The molecule has 1 aliphatic heterocycles. The zero-order valence-electron chi connectivity index (χ0n) is 14.5. The van der Waals surface area contributed by atoms with Crippen molar-refractivity contribution in [2.45, 2.75) is 20.0 Å². The highest BCUT2D eigenvalue weighted by Crippen LogP contribution is 2.23.